The van der Waals surface area contributed by atoms with E-state index in [1.807, 2.05) is 66.7 Å². The largest absolute Gasteiger partial charge is 0.351 e. The second-order valence-corrected chi connectivity index (χ2v) is 13.1. The van der Waals surface area contributed by atoms with Crippen LogP contribution < -0.4 is 15.5 Å². The number of Topliss-reactive ketones (excluding diaryl/α,β-unsaturated/α-hetero) is 1. The van der Waals surface area contributed by atoms with Gasteiger partial charge in [0, 0.05) is 64.1 Å². The third kappa shape index (κ3) is 3.15. The number of piperidine rings is 1. The van der Waals surface area contributed by atoms with Crippen LogP contribution in [-0.4, -0.2) is 58.1 Å². The van der Waals surface area contributed by atoms with Crippen molar-refractivity contribution in [2.75, 3.05) is 29.4 Å². The summed E-state index contributed by atoms with van der Waals surface area (Å²) in [7, 11) is 0. The number of H-pyrrole nitrogens is 2. The zero-order chi connectivity index (χ0) is 31.1. The van der Waals surface area contributed by atoms with Crippen LogP contribution in [0.5, 0.6) is 0 Å². The molecule has 4 N–H and O–H groups in total. The van der Waals surface area contributed by atoms with Crippen molar-refractivity contribution in [2.24, 2.45) is 17.1 Å². The van der Waals surface area contributed by atoms with Crippen LogP contribution in [0.15, 0.2) is 66.4 Å². The van der Waals surface area contributed by atoms with E-state index in [1.165, 1.54) is 0 Å². The lowest BCUT2D eigenvalue weighted by atomic mass is 9.83. The Kier molecular flexibility index (Phi) is 4.76. The third-order valence-corrected chi connectivity index (χ3v) is 10.9. The van der Waals surface area contributed by atoms with E-state index in [-0.39, 0.29) is 23.5 Å². The number of benzene rings is 3. The van der Waals surface area contributed by atoms with E-state index in [1.54, 1.807) is 14.7 Å². The molecular formula is C36H28N6O4. The Balaban J connectivity index is 0.966. The van der Waals surface area contributed by atoms with Crippen LogP contribution in [0.1, 0.15) is 54.4 Å². The van der Waals surface area contributed by atoms with Crippen molar-refractivity contribution in [1.82, 2.24) is 14.9 Å². The first-order chi connectivity index (χ1) is 22.3. The Morgan fingerprint density at radius 3 is 2.07 bits per heavy atom. The van der Waals surface area contributed by atoms with E-state index in [0.29, 0.717) is 43.9 Å². The minimum absolute atomic E-state index is 0.129. The molecule has 0 unspecified atom stereocenters. The molecule has 3 aromatic carbocycles. The smallest absolute Gasteiger partial charge is 0.319 e. The van der Waals surface area contributed by atoms with Gasteiger partial charge >= 0.3 is 6.03 Å². The highest BCUT2D eigenvalue weighted by Crippen LogP contribution is 2.67. The summed E-state index contributed by atoms with van der Waals surface area (Å²) in [6.45, 7) is 1.58. The summed E-state index contributed by atoms with van der Waals surface area (Å²) < 4.78 is 0. The summed E-state index contributed by atoms with van der Waals surface area (Å²) >= 11 is 0. The number of rotatable bonds is 2. The van der Waals surface area contributed by atoms with E-state index < -0.39 is 11.4 Å². The van der Waals surface area contributed by atoms with Gasteiger partial charge in [-0.3, -0.25) is 19.3 Å². The van der Waals surface area contributed by atoms with Gasteiger partial charge < -0.3 is 25.5 Å². The monoisotopic (exact) mass is 608 g/mol. The molecule has 4 amide bonds. The summed E-state index contributed by atoms with van der Waals surface area (Å²) in [6.07, 6.45) is 4.17. The van der Waals surface area contributed by atoms with Gasteiger partial charge in [-0.05, 0) is 84.3 Å². The van der Waals surface area contributed by atoms with Gasteiger partial charge in [-0.15, -0.1) is 0 Å². The van der Waals surface area contributed by atoms with E-state index in [4.69, 9.17) is 5.73 Å². The zero-order valence-corrected chi connectivity index (χ0v) is 24.7. The first-order valence-electron chi connectivity index (χ1n) is 15.7. The predicted octanol–water partition coefficient (Wildman–Crippen LogP) is 4.99. The van der Waals surface area contributed by atoms with Crippen molar-refractivity contribution in [3.8, 4) is 0 Å². The van der Waals surface area contributed by atoms with Gasteiger partial charge in [0.25, 0.3) is 11.8 Å². The summed E-state index contributed by atoms with van der Waals surface area (Å²) in [5.41, 5.74) is 13.7. The third-order valence-electron chi connectivity index (χ3n) is 10.9. The van der Waals surface area contributed by atoms with Gasteiger partial charge in [0.05, 0.1) is 5.41 Å². The van der Waals surface area contributed by atoms with Crippen molar-refractivity contribution in [3.05, 3.63) is 100 Å². The number of hydrogen-bond acceptors (Lipinski definition) is 4. The highest BCUT2D eigenvalue weighted by molar-refractivity contribution is 6.14. The maximum Gasteiger partial charge on any atom is 0.319 e. The summed E-state index contributed by atoms with van der Waals surface area (Å²) in [4.78, 5) is 65.0. The number of aromatic amines is 2. The molecule has 46 heavy (non-hydrogen) atoms. The van der Waals surface area contributed by atoms with Crippen LogP contribution in [0.25, 0.3) is 27.9 Å². The molecule has 226 valence electrons. The molecule has 2 atom stereocenters. The van der Waals surface area contributed by atoms with E-state index in [2.05, 4.69) is 9.97 Å². The topological polar surface area (TPSA) is 136 Å². The van der Waals surface area contributed by atoms with Gasteiger partial charge in [0.15, 0.2) is 5.78 Å². The number of hydrogen-bond donors (Lipinski definition) is 3. The molecule has 0 radical (unpaired) electrons. The summed E-state index contributed by atoms with van der Waals surface area (Å²) in [6, 6.07) is 18.6. The molecule has 5 heterocycles. The number of aromatic nitrogens is 2. The molecule has 1 saturated carbocycles. The van der Waals surface area contributed by atoms with E-state index >= 15 is 0 Å². The van der Waals surface area contributed by atoms with Crippen molar-refractivity contribution >= 4 is 62.9 Å². The molecule has 10 rings (SSSR count). The van der Waals surface area contributed by atoms with E-state index in [9.17, 15) is 19.2 Å². The number of urea groups is 1. The molecule has 2 fully saturated rings. The van der Waals surface area contributed by atoms with Crippen molar-refractivity contribution in [3.63, 3.8) is 0 Å². The number of nitrogens with one attached hydrogen (secondary N) is 2. The molecule has 1 spiro atoms. The number of ketones is 1. The minimum Gasteiger partial charge on any atom is -0.351 e. The fraction of sp³-hybridized carbons (Fsp3) is 0.222. The number of allylic oxidation sites excluding steroid dienone is 1. The van der Waals surface area contributed by atoms with Crippen molar-refractivity contribution < 1.29 is 19.2 Å². The van der Waals surface area contributed by atoms with Gasteiger partial charge in [0.1, 0.15) is 11.4 Å². The van der Waals surface area contributed by atoms with Crippen LogP contribution in [0.4, 0.5) is 16.2 Å². The van der Waals surface area contributed by atoms with Crippen LogP contribution in [0.3, 0.4) is 0 Å². The van der Waals surface area contributed by atoms with Crippen LogP contribution in [0, 0.1) is 11.3 Å². The molecule has 3 aliphatic heterocycles. The molecule has 5 aromatic rings. The highest BCUT2D eigenvalue weighted by Gasteiger charge is 2.69. The Morgan fingerprint density at radius 1 is 0.783 bits per heavy atom. The van der Waals surface area contributed by atoms with E-state index in [0.717, 1.165) is 67.6 Å². The van der Waals surface area contributed by atoms with Crippen LogP contribution >= 0.6 is 0 Å². The predicted molar refractivity (Wildman–Crippen MR) is 173 cm³/mol. The van der Waals surface area contributed by atoms with Crippen LogP contribution in [0.2, 0.25) is 0 Å². The molecule has 1 saturated heterocycles. The number of anilines is 2. The maximum absolute atomic E-state index is 14.0. The van der Waals surface area contributed by atoms with Crippen molar-refractivity contribution in [1.29, 1.82) is 0 Å². The van der Waals surface area contributed by atoms with Crippen LogP contribution in [-0.2, 0) is 12.8 Å². The standard InChI is InChI=1S/C36H28N6O4/c37-35(46)41-12-10-22-24-14-27(38-26(24)6-8-30(22)41)33(44)40-11-9-21-23-15-28(39-25(23)5-7-29(21)40)34(45)42-17-19-16-36(19)31(42)13-18-3-1-2-4-20(18)32(36)43/h1-8,13-15,19,38-39H,9-12,16-17H2,(H2,37,46)/t19-,36+/m1/s1. The Hall–Kier alpha value is -5.64. The Morgan fingerprint density at radius 2 is 1.39 bits per heavy atom. The molecule has 0 bridgehead atoms. The number of amides is 4. The first kappa shape index (κ1) is 25.7. The number of nitrogens with two attached hydrogens (primary N) is 1. The summed E-state index contributed by atoms with van der Waals surface area (Å²) in [5, 5.41) is 1.85. The number of nitrogens with zero attached hydrogens (tertiary/aromatic N) is 3. The molecular weight excluding hydrogens is 580 g/mol. The number of likely N-dealkylation sites (tertiary alicyclic amines) is 1. The lowest BCUT2D eigenvalue weighted by Gasteiger charge is -2.28. The van der Waals surface area contributed by atoms with Gasteiger partial charge in [-0.2, -0.15) is 0 Å². The average Bonchev–Trinajstić information content (AvgIpc) is 3.68. The minimum atomic E-state index is -0.567. The van der Waals surface area contributed by atoms with Gasteiger partial charge in [-0.1, -0.05) is 24.3 Å². The Labute approximate surface area is 262 Å². The number of carbonyl (C=O) groups excluding carboxylic acids is 4. The SMILES string of the molecule is NC(=O)N1CCc2c1ccc1[nH]c(C(=O)N3CCc4c3ccc3[nH]c(C(=O)N5C[C@H]6C[C@]67C(=O)c6ccccc6C=C57)cc43)cc21. The molecule has 10 heteroatoms. The normalized spacial score (nSPS) is 22.1. The quantitative estimate of drug-likeness (QED) is 0.260. The molecule has 5 aliphatic rings. The second kappa shape index (κ2) is 8.54. The van der Waals surface area contributed by atoms with Gasteiger partial charge in [0.2, 0.25) is 0 Å². The van der Waals surface area contributed by atoms with Gasteiger partial charge in [-0.25, -0.2) is 4.79 Å². The Bertz CT molecular complexity index is 2310. The highest BCUT2D eigenvalue weighted by atomic mass is 16.2. The fourth-order valence-electron chi connectivity index (χ4n) is 8.62. The fourth-order valence-corrected chi connectivity index (χ4v) is 8.62. The maximum atomic E-state index is 14.0. The number of fused-ring (bicyclic) bond motifs is 7. The lowest BCUT2D eigenvalue weighted by molar-refractivity contribution is 0.0798. The van der Waals surface area contributed by atoms with Crippen molar-refractivity contribution in [2.45, 2.75) is 19.3 Å². The number of primary amides is 1. The average molecular weight is 609 g/mol. The molecule has 10 nitrogen and oxygen atoms in total. The second-order valence-electron chi connectivity index (χ2n) is 13.1. The zero-order valence-electron chi connectivity index (χ0n) is 24.7. The molecule has 2 aliphatic carbocycles. The summed E-state index contributed by atoms with van der Waals surface area (Å²) in [5.74, 6) is 0.0217. The lowest BCUT2D eigenvalue weighted by Crippen LogP contribution is -2.34. The number of carbonyl (C=O) groups is 4. The first-order valence-corrected chi connectivity index (χ1v) is 15.7. The molecule has 2 aromatic heterocycles.